The maximum Gasteiger partial charge on any atom is 0.262 e. The van der Waals surface area contributed by atoms with Crippen molar-refractivity contribution >= 4 is 17.3 Å². The molecule has 0 amide bonds. The topological polar surface area (TPSA) is 45.1 Å². The van der Waals surface area contributed by atoms with Gasteiger partial charge in [0.05, 0.1) is 0 Å². The van der Waals surface area contributed by atoms with Gasteiger partial charge in [0, 0.05) is 16.3 Å². The fourth-order valence-corrected chi connectivity index (χ4v) is 2.65. The molecule has 21 heavy (non-hydrogen) atoms. The molecule has 0 radical (unpaired) electrons. The van der Waals surface area contributed by atoms with Crippen molar-refractivity contribution in [3.05, 3.63) is 65.6 Å². The van der Waals surface area contributed by atoms with Crippen LogP contribution in [0.1, 0.15) is 19.4 Å². The number of nitrogens with zero attached hydrogens (tertiary/aromatic N) is 5. The van der Waals surface area contributed by atoms with Gasteiger partial charge in [0.15, 0.2) is 11.4 Å². The second kappa shape index (κ2) is 4.15. The Morgan fingerprint density at radius 3 is 2.52 bits per heavy atom. The molecule has 0 N–H and O–H groups in total. The molecule has 104 valence electrons. The molecule has 0 spiro atoms. The molecule has 0 fully saturated rings. The molecule has 2 aliphatic heterocycles. The van der Waals surface area contributed by atoms with Crippen molar-refractivity contribution in [2.24, 2.45) is 10.2 Å². The lowest BCUT2D eigenvalue weighted by Gasteiger charge is -2.31. The minimum Gasteiger partial charge on any atom is -0.312 e. The van der Waals surface area contributed by atoms with Crippen molar-refractivity contribution in [3.8, 4) is 0 Å². The molecule has 0 bridgehead atoms. The summed E-state index contributed by atoms with van der Waals surface area (Å²) in [5, 5.41) is 6.36. The Bertz CT molecular complexity index is 761. The summed E-state index contributed by atoms with van der Waals surface area (Å²) >= 11 is 0. The second-order valence-corrected chi connectivity index (χ2v) is 5.61. The maximum atomic E-state index is 4.73. The summed E-state index contributed by atoms with van der Waals surface area (Å²) in [6.07, 6.45) is 0. The lowest BCUT2D eigenvalue weighted by molar-refractivity contribution is -0.446. The molecule has 0 unspecified atom stereocenters. The van der Waals surface area contributed by atoms with Crippen molar-refractivity contribution in [3.63, 3.8) is 0 Å². The highest BCUT2D eigenvalue weighted by Crippen LogP contribution is 2.41. The Labute approximate surface area is 123 Å². The largest absolute Gasteiger partial charge is 0.312 e. The van der Waals surface area contributed by atoms with Gasteiger partial charge in [-0.05, 0) is 32.0 Å². The van der Waals surface area contributed by atoms with Gasteiger partial charge < -0.3 is 4.99 Å². The van der Waals surface area contributed by atoms with E-state index >= 15 is 0 Å². The van der Waals surface area contributed by atoms with Crippen LogP contribution in [0.25, 0.3) is 5.43 Å². The van der Waals surface area contributed by atoms with E-state index in [4.69, 9.17) is 4.99 Å². The highest BCUT2D eigenvalue weighted by Gasteiger charge is 2.38. The van der Waals surface area contributed by atoms with Crippen molar-refractivity contribution in [2.45, 2.75) is 19.4 Å². The third-order valence-corrected chi connectivity index (χ3v) is 3.71. The van der Waals surface area contributed by atoms with Gasteiger partial charge in [0.2, 0.25) is 0 Å². The molecule has 5 heteroatoms. The van der Waals surface area contributed by atoms with E-state index in [1.165, 1.54) is 0 Å². The quantitative estimate of drug-likeness (QED) is 0.723. The Morgan fingerprint density at radius 1 is 1.00 bits per heavy atom. The van der Waals surface area contributed by atoms with Crippen molar-refractivity contribution in [1.29, 1.82) is 0 Å². The van der Waals surface area contributed by atoms with Gasteiger partial charge in [-0.2, -0.15) is 0 Å². The van der Waals surface area contributed by atoms with E-state index in [-0.39, 0.29) is 5.54 Å². The van der Waals surface area contributed by atoms with Crippen LogP contribution in [-0.2, 0) is 5.54 Å². The average Bonchev–Trinajstić information content (AvgIpc) is 2.91. The minimum atomic E-state index is -0.297. The van der Waals surface area contributed by atoms with E-state index in [0.29, 0.717) is 5.96 Å². The zero-order valence-electron chi connectivity index (χ0n) is 11.9. The Balaban J connectivity index is 1.84. The van der Waals surface area contributed by atoms with E-state index in [2.05, 4.69) is 36.6 Å². The monoisotopic (exact) mass is 277 g/mol. The predicted octanol–water partition coefficient (Wildman–Crippen LogP) is 4.11. The third-order valence-electron chi connectivity index (χ3n) is 3.71. The van der Waals surface area contributed by atoms with Gasteiger partial charge in [0.1, 0.15) is 0 Å². The summed E-state index contributed by atoms with van der Waals surface area (Å²) in [4.78, 5) is 6.36. The van der Waals surface area contributed by atoms with Gasteiger partial charge >= 0.3 is 0 Å². The van der Waals surface area contributed by atoms with Crippen LogP contribution in [0.5, 0.6) is 0 Å². The van der Waals surface area contributed by atoms with E-state index in [0.717, 1.165) is 16.9 Å². The van der Waals surface area contributed by atoms with E-state index in [1.807, 2.05) is 42.5 Å². The van der Waals surface area contributed by atoms with Gasteiger partial charge in [0.25, 0.3) is 5.96 Å². The van der Waals surface area contributed by atoms with E-state index in [1.54, 1.807) is 9.82 Å². The summed E-state index contributed by atoms with van der Waals surface area (Å²) in [6, 6.07) is 18.1. The molecule has 5 nitrogen and oxygen atoms in total. The molecule has 2 heterocycles. The predicted molar refractivity (Wildman–Crippen MR) is 81.5 cm³/mol. The van der Waals surface area contributed by atoms with E-state index < -0.39 is 0 Å². The first-order valence-corrected chi connectivity index (χ1v) is 6.93. The number of para-hydroxylation sites is 2. The lowest BCUT2D eigenvalue weighted by Crippen LogP contribution is -2.32. The molecule has 4 rings (SSSR count). The highest BCUT2D eigenvalue weighted by atomic mass is 15.8. The molecular weight excluding hydrogens is 262 g/mol. The normalized spacial score (nSPS) is 18.3. The van der Waals surface area contributed by atoms with Gasteiger partial charge in [-0.1, -0.05) is 41.2 Å². The molecule has 0 saturated heterocycles. The number of hydrogen-bond acceptors (Lipinski definition) is 3. The van der Waals surface area contributed by atoms with Gasteiger partial charge in [-0.3, -0.25) is 0 Å². The Morgan fingerprint density at radius 2 is 1.71 bits per heavy atom. The number of rotatable bonds is 1. The van der Waals surface area contributed by atoms with Crippen molar-refractivity contribution in [2.75, 3.05) is 5.01 Å². The van der Waals surface area contributed by atoms with Crippen molar-refractivity contribution in [1.82, 2.24) is 0 Å². The molecule has 0 aromatic heterocycles. The summed E-state index contributed by atoms with van der Waals surface area (Å²) < 4.78 is 0. The van der Waals surface area contributed by atoms with Crippen LogP contribution in [0.3, 0.4) is 0 Å². The number of guanidine groups is 1. The maximum absolute atomic E-state index is 4.73. The van der Waals surface area contributed by atoms with Gasteiger partial charge in [-0.15, -0.1) is 10.4 Å². The zero-order chi connectivity index (χ0) is 14.4. The molecule has 0 aliphatic carbocycles. The standard InChI is InChI=1S/C16H15N5/c1-16(2)13-10-6-7-11-14(13)20-15(17-16)18-21(19-20)12-8-4-3-5-9-12/h3-11H,1-2H3. The number of hydrogen-bond donors (Lipinski definition) is 0. The van der Waals surface area contributed by atoms with Crippen LogP contribution >= 0.6 is 0 Å². The minimum absolute atomic E-state index is 0.297. The molecular formula is C16H15N5. The molecule has 2 aromatic rings. The molecule has 2 aromatic carbocycles. The summed E-state index contributed by atoms with van der Waals surface area (Å²) in [7, 11) is 0. The first-order chi connectivity index (χ1) is 10.1. The fraction of sp³-hybridized carbons (Fsp3) is 0.188. The number of fused-ring (bicyclic) bond motifs is 3. The number of anilines is 1. The fourth-order valence-electron chi connectivity index (χ4n) is 2.65. The molecule has 2 aliphatic rings. The smallest absolute Gasteiger partial charge is 0.262 e. The summed E-state index contributed by atoms with van der Waals surface area (Å²) in [6.45, 7) is 4.19. The van der Waals surface area contributed by atoms with Crippen molar-refractivity contribution < 1.29 is 4.81 Å². The average molecular weight is 277 g/mol. The van der Waals surface area contributed by atoms with Gasteiger partial charge in [-0.25, -0.2) is 0 Å². The summed E-state index contributed by atoms with van der Waals surface area (Å²) in [5.41, 5.74) is 7.33. The van der Waals surface area contributed by atoms with Crippen LogP contribution < -0.4 is 5.01 Å². The number of aliphatic imine (C=N–C) groups is 1. The third kappa shape index (κ3) is 1.81. The zero-order valence-corrected chi connectivity index (χ0v) is 11.9. The molecule has 0 saturated carbocycles. The van der Waals surface area contributed by atoms with Crippen LogP contribution in [0.4, 0.5) is 11.4 Å². The molecule has 0 atom stereocenters. The Kier molecular flexibility index (Phi) is 2.39. The van der Waals surface area contributed by atoms with Crippen LogP contribution in [0.2, 0.25) is 0 Å². The first kappa shape index (κ1) is 12.1. The SMILES string of the molecule is CC1(C)N=C2[N-][N+](c3ccccc3)=NN2c2ccccc21. The van der Waals surface area contributed by atoms with Crippen LogP contribution in [0.15, 0.2) is 64.8 Å². The van der Waals surface area contributed by atoms with Crippen LogP contribution in [0, 0.1) is 0 Å². The second-order valence-electron chi connectivity index (χ2n) is 5.61. The highest BCUT2D eigenvalue weighted by molar-refractivity contribution is 6.06. The lowest BCUT2D eigenvalue weighted by atomic mass is 9.92. The summed E-state index contributed by atoms with van der Waals surface area (Å²) in [5.74, 6) is 0.627. The number of benzene rings is 2. The van der Waals surface area contributed by atoms with E-state index in [9.17, 15) is 0 Å². The Hall–Kier alpha value is -2.69. The van der Waals surface area contributed by atoms with Crippen LogP contribution in [-0.4, -0.2) is 10.8 Å². The first-order valence-electron chi connectivity index (χ1n) is 6.93.